The van der Waals surface area contributed by atoms with Crippen LogP contribution in [0, 0.1) is 5.92 Å². The Hall–Kier alpha value is -2.77. The molecule has 8 heteroatoms. The van der Waals surface area contributed by atoms with Crippen LogP contribution >= 0.6 is 0 Å². The topological polar surface area (TPSA) is 79.4 Å². The molecule has 0 aliphatic carbocycles. The highest BCUT2D eigenvalue weighted by Gasteiger charge is 2.30. The van der Waals surface area contributed by atoms with Gasteiger partial charge in [0.2, 0.25) is 5.91 Å². The SMILES string of the molecule is CC(C)(C)OC(=O)N1CCC(CCN2CCN(C(=O)OCc3ccccc3)CC2=O)CC1. The molecule has 2 aliphatic heterocycles. The van der Waals surface area contributed by atoms with Gasteiger partial charge in [-0.1, -0.05) is 30.3 Å². The summed E-state index contributed by atoms with van der Waals surface area (Å²) in [7, 11) is 0. The molecule has 2 heterocycles. The molecular formula is C24H35N3O5. The average Bonchev–Trinajstić information content (AvgIpc) is 2.76. The molecule has 2 saturated heterocycles. The van der Waals surface area contributed by atoms with Crippen LogP contribution in [-0.4, -0.2) is 77.7 Å². The van der Waals surface area contributed by atoms with Crippen molar-refractivity contribution < 1.29 is 23.9 Å². The number of amides is 3. The zero-order valence-electron chi connectivity index (χ0n) is 19.4. The quantitative estimate of drug-likeness (QED) is 0.693. The number of rotatable bonds is 5. The maximum atomic E-state index is 12.5. The molecule has 0 saturated carbocycles. The van der Waals surface area contributed by atoms with Crippen molar-refractivity contribution in [2.24, 2.45) is 5.92 Å². The largest absolute Gasteiger partial charge is 0.445 e. The van der Waals surface area contributed by atoms with Crippen molar-refractivity contribution in [2.45, 2.75) is 52.2 Å². The first-order valence-electron chi connectivity index (χ1n) is 11.4. The van der Waals surface area contributed by atoms with Crippen molar-refractivity contribution in [1.29, 1.82) is 0 Å². The number of hydrogen-bond donors (Lipinski definition) is 0. The maximum Gasteiger partial charge on any atom is 0.410 e. The normalized spacial score (nSPS) is 18.0. The van der Waals surface area contributed by atoms with E-state index in [1.807, 2.05) is 56.0 Å². The first kappa shape index (κ1) is 23.9. The number of carbonyl (C=O) groups excluding carboxylic acids is 3. The summed E-state index contributed by atoms with van der Waals surface area (Å²) in [6.45, 7) is 8.95. The Bertz CT molecular complexity index is 785. The zero-order valence-corrected chi connectivity index (χ0v) is 19.4. The fourth-order valence-corrected chi connectivity index (χ4v) is 3.98. The average molecular weight is 446 g/mol. The van der Waals surface area contributed by atoms with E-state index in [0.717, 1.165) is 24.8 Å². The van der Waals surface area contributed by atoms with Crippen molar-refractivity contribution in [3.63, 3.8) is 0 Å². The first-order chi connectivity index (χ1) is 15.2. The molecule has 1 aromatic rings. The van der Waals surface area contributed by atoms with Gasteiger partial charge in [-0.3, -0.25) is 9.69 Å². The Morgan fingerprint density at radius 2 is 1.66 bits per heavy atom. The zero-order chi connectivity index (χ0) is 23.1. The molecule has 0 N–H and O–H groups in total. The number of piperazine rings is 1. The van der Waals surface area contributed by atoms with Crippen LogP contribution in [0.2, 0.25) is 0 Å². The van der Waals surface area contributed by atoms with Gasteiger partial charge in [0.1, 0.15) is 18.8 Å². The smallest absolute Gasteiger partial charge is 0.410 e. The highest BCUT2D eigenvalue weighted by atomic mass is 16.6. The van der Waals surface area contributed by atoms with E-state index in [-0.39, 0.29) is 25.2 Å². The van der Waals surface area contributed by atoms with Crippen LogP contribution in [0.1, 0.15) is 45.6 Å². The molecule has 0 radical (unpaired) electrons. The summed E-state index contributed by atoms with van der Waals surface area (Å²) in [5, 5.41) is 0. The van der Waals surface area contributed by atoms with E-state index >= 15 is 0 Å². The lowest BCUT2D eigenvalue weighted by Gasteiger charge is -2.36. The van der Waals surface area contributed by atoms with E-state index in [0.29, 0.717) is 38.6 Å². The number of piperidine rings is 1. The molecular weight excluding hydrogens is 410 g/mol. The lowest BCUT2D eigenvalue weighted by molar-refractivity contribution is -0.135. The summed E-state index contributed by atoms with van der Waals surface area (Å²) in [5.41, 5.74) is 0.438. The van der Waals surface area contributed by atoms with Crippen molar-refractivity contribution in [2.75, 3.05) is 39.3 Å². The molecule has 0 atom stereocenters. The second kappa shape index (κ2) is 10.7. The predicted molar refractivity (Wildman–Crippen MR) is 120 cm³/mol. The molecule has 176 valence electrons. The van der Waals surface area contributed by atoms with Crippen LogP contribution in [0.25, 0.3) is 0 Å². The van der Waals surface area contributed by atoms with Gasteiger partial charge < -0.3 is 19.3 Å². The summed E-state index contributed by atoms with van der Waals surface area (Å²) in [5.74, 6) is 0.439. The maximum absolute atomic E-state index is 12.5. The van der Waals surface area contributed by atoms with Gasteiger partial charge in [-0.2, -0.15) is 0 Å². The van der Waals surface area contributed by atoms with Gasteiger partial charge >= 0.3 is 12.2 Å². The molecule has 8 nitrogen and oxygen atoms in total. The predicted octanol–water partition coefficient (Wildman–Crippen LogP) is 3.50. The van der Waals surface area contributed by atoms with E-state index in [1.54, 1.807) is 4.90 Å². The number of benzene rings is 1. The van der Waals surface area contributed by atoms with Crippen LogP contribution < -0.4 is 0 Å². The van der Waals surface area contributed by atoms with E-state index in [9.17, 15) is 14.4 Å². The minimum atomic E-state index is -0.482. The molecule has 32 heavy (non-hydrogen) atoms. The monoisotopic (exact) mass is 445 g/mol. The lowest BCUT2D eigenvalue weighted by Crippen LogP contribution is -2.52. The third-order valence-electron chi connectivity index (χ3n) is 5.86. The van der Waals surface area contributed by atoms with Gasteiger partial charge in [-0.25, -0.2) is 9.59 Å². The lowest BCUT2D eigenvalue weighted by atomic mass is 9.93. The number of carbonyl (C=O) groups is 3. The minimum absolute atomic E-state index is 0.0425. The molecule has 0 bridgehead atoms. The second-order valence-electron chi connectivity index (χ2n) is 9.54. The minimum Gasteiger partial charge on any atom is -0.445 e. The molecule has 3 amide bonds. The van der Waals surface area contributed by atoms with Crippen molar-refractivity contribution >= 4 is 18.1 Å². The number of likely N-dealkylation sites (tertiary alicyclic amines) is 1. The van der Waals surface area contributed by atoms with Gasteiger partial charge in [0.25, 0.3) is 0 Å². The second-order valence-corrected chi connectivity index (χ2v) is 9.54. The van der Waals surface area contributed by atoms with Crippen LogP contribution in [-0.2, 0) is 20.9 Å². The fourth-order valence-electron chi connectivity index (χ4n) is 3.98. The molecule has 3 rings (SSSR count). The Morgan fingerprint density at radius 3 is 2.28 bits per heavy atom. The van der Waals surface area contributed by atoms with E-state index in [2.05, 4.69) is 0 Å². The summed E-state index contributed by atoms with van der Waals surface area (Å²) in [6, 6.07) is 9.50. The summed E-state index contributed by atoms with van der Waals surface area (Å²) >= 11 is 0. The Balaban J connectivity index is 1.35. The summed E-state index contributed by atoms with van der Waals surface area (Å²) in [6.07, 6.45) is 2.04. The molecule has 2 fully saturated rings. The Kier molecular flexibility index (Phi) is 7.99. The Labute approximate surface area is 190 Å². The third-order valence-corrected chi connectivity index (χ3v) is 5.86. The molecule has 0 spiro atoms. The van der Waals surface area contributed by atoms with Gasteiger partial charge in [0.15, 0.2) is 0 Å². The third kappa shape index (κ3) is 7.14. The number of hydrogen-bond acceptors (Lipinski definition) is 5. The summed E-state index contributed by atoms with van der Waals surface area (Å²) < 4.78 is 10.8. The van der Waals surface area contributed by atoms with Crippen molar-refractivity contribution in [3.8, 4) is 0 Å². The summed E-state index contributed by atoms with van der Waals surface area (Å²) in [4.78, 5) is 42.1. The first-order valence-corrected chi connectivity index (χ1v) is 11.4. The van der Waals surface area contributed by atoms with Crippen molar-refractivity contribution in [1.82, 2.24) is 14.7 Å². The number of nitrogens with zero attached hydrogens (tertiary/aromatic N) is 3. The molecule has 2 aliphatic rings. The van der Waals surface area contributed by atoms with Crippen molar-refractivity contribution in [3.05, 3.63) is 35.9 Å². The highest BCUT2D eigenvalue weighted by molar-refractivity contribution is 5.83. The van der Waals surface area contributed by atoms with Gasteiger partial charge in [0.05, 0.1) is 0 Å². The van der Waals surface area contributed by atoms with Gasteiger partial charge in [-0.15, -0.1) is 0 Å². The molecule has 0 unspecified atom stereocenters. The van der Waals surface area contributed by atoms with Crippen LogP contribution in [0.5, 0.6) is 0 Å². The van der Waals surface area contributed by atoms with Gasteiger partial charge in [0, 0.05) is 32.7 Å². The highest BCUT2D eigenvalue weighted by Crippen LogP contribution is 2.23. The number of ether oxygens (including phenoxy) is 2. The Morgan fingerprint density at radius 1 is 0.969 bits per heavy atom. The van der Waals surface area contributed by atoms with Crippen LogP contribution in [0.4, 0.5) is 9.59 Å². The van der Waals surface area contributed by atoms with Crippen LogP contribution in [0.15, 0.2) is 30.3 Å². The van der Waals surface area contributed by atoms with E-state index < -0.39 is 11.7 Å². The van der Waals surface area contributed by atoms with Crippen LogP contribution in [0.3, 0.4) is 0 Å². The molecule has 0 aromatic heterocycles. The standard InChI is InChI=1S/C24H35N3O5/c1-24(2,3)32-23(30)26-13-10-19(11-14-26)9-12-25-15-16-27(17-21(25)28)22(29)31-18-20-7-5-4-6-8-20/h4-8,19H,9-18H2,1-3H3. The van der Waals surface area contributed by atoms with Gasteiger partial charge in [-0.05, 0) is 51.5 Å². The fraction of sp³-hybridized carbons (Fsp3) is 0.625. The van der Waals surface area contributed by atoms with E-state index in [4.69, 9.17) is 9.47 Å². The molecule has 1 aromatic carbocycles. The van der Waals surface area contributed by atoms with E-state index in [1.165, 1.54) is 4.90 Å².